The average molecular weight is 567 g/mol. The lowest BCUT2D eigenvalue weighted by Gasteiger charge is -2.33. The molecule has 4 rings (SSSR count). The Morgan fingerprint density at radius 2 is 1.88 bits per heavy atom. The molecular weight excluding hydrogens is 532 g/mol. The highest BCUT2D eigenvalue weighted by atomic mass is 35.5. The quantitative estimate of drug-likeness (QED) is 0.343. The maximum Gasteiger partial charge on any atom is 0.407 e. The summed E-state index contributed by atoms with van der Waals surface area (Å²) >= 11 is 6.18. The number of aromatic nitrogens is 3. The predicted octanol–water partition coefficient (Wildman–Crippen LogP) is 5.19. The van der Waals surface area contributed by atoms with Gasteiger partial charge in [0.15, 0.2) is 5.82 Å². The van der Waals surface area contributed by atoms with Crippen molar-refractivity contribution in [2.45, 2.75) is 59.0 Å². The van der Waals surface area contributed by atoms with E-state index in [0.29, 0.717) is 54.2 Å². The van der Waals surface area contributed by atoms with Gasteiger partial charge in [-0.2, -0.15) is 0 Å². The number of carbonyl (C=O) groups is 2. The van der Waals surface area contributed by atoms with Crippen LogP contribution in [-0.2, 0) is 4.79 Å². The summed E-state index contributed by atoms with van der Waals surface area (Å²) in [7, 11) is 0. The van der Waals surface area contributed by atoms with Gasteiger partial charge in [0, 0.05) is 34.8 Å². The maximum absolute atomic E-state index is 12.6. The van der Waals surface area contributed by atoms with Gasteiger partial charge >= 0.3 is 6.09 Å². The van der Waals surface area contributed by atoms with Gasteiger partial charge in [-0.1, -0.05) is 23.7 Å². The molecule has 0 bridgehead atoms. The third kappa shape index (κ3) is 6.44. The maximum atomic E-state index is 12.6. The van der Waals surface area contributed by atoms with Crippen LogP contribution in [0.1, 0.15) is 69.4 Å². The van der Waals surface area contributed by atoms with Crippen molar-refractivity contribution in [3.8, 4) is 11.4 Å². The average Bonchev–Trinajstić information content (AvgIpc) is 3.21. The molecule has 1 aliphatic heterocycles. The summed E-state index contributed by atoms with van der Waals surface area (Å²) in [6, 6.07) is 12.6. The van der Waals surface area contributed by atoms with Crippen molar-refractivity contribution in [2.24, 2.45) is 4.99 Å². The van der Waals surface area contributed by atoms with E-state index in [0.717, 1.165) is 16.8 Å². The Hall–Kier alpha value is -3.92. The molecule has 0 unspecified atom stereocenters. The van der Waals surface area contributed by atoms with Crippen LogP contribution in [0.3, 0.4) is 0 Å². The summed E-state index contributed by atoms with van der Waals surface area (Å²) in [5.74, 6) is 1.75. The Labute approximate surface area is 239 Å². The number of hydrogen-bond acceptors (Lipinski definition) is 6. The number of ether oxygens (including phenoxy) is 1. The Morgan fingerprint density at radius 1 is 1.15 bits per heavy atom. The standard InChI is InChI=1S/C29H35ClN6O4/c1-6-31-25(37)17-23-27-34-33-18(2)36(27)24-13-12-21(40-15-7-14-35(28(38)39)29(3,4)5)16-22(24)26(32-23)19-8-10-20(30)11-9-19/h8-13,16,23H,6-7,14-15,17H2,1-5H3,(H,31,37)(H,38,39)/t23-/m0/s1. The Bertz CT molecular complexity index is 1410. The molecule has 1 atom stereocenters. The molecule has 10 nitrogen and oxygen atoms in total. The summed E-state index contributed by atoms with van der Waals surface area (Å²) in [5, 5.41) is 21.7. The summed E-state index contributed by atoms with van der Waals surface area (Å²) in [4.78, 5) is 30.8. The molecule has 1 aliphatic rings. The number of nitrogens with zero attached hydrogens (tertiary/aromatic N) is 5. The van der Waals surface area contributed by atoms with Crippen LogP contribution in [-0.4, -0.2) is 67.7 Å². The minimum Gasteiger partial charge on any atom is -0.494 e. The van der Waals surface area contributed by atoms with Crippen LogP contribution in [0.2, 0.25) is 5.02 Å². The minimum absolute atomic E-state index is 0.119. The second-order valence-electron chi connectivity index (χ2n) is 10.6. The second kappa shape index (κ2) is 12.1. The molecule has 0 saturated carbocycles. The first-order chi connectivity index (χ1) is 19.0. The number of rotatable bonds is 9. The number of carbonyl (C=O) groups excluding carboxylic acids is 1. The number of benzene rings is 2. The number of aliphatic imine (C=N–C) groups is 1. The SMILES string of the molecule is CCNC(=O)C[C@@H]1N=C(c2ccc(Cl)cc2)c2cc(OCCCN(C(=O)O)C(C)(C)C)ccc2-n2c(C)nnc21. The fourth-order valence-corrected chi connectivity index (χ4v) is 4.84. The van der Waals surface area contributed by atoms with Crippen molar-refractivity contribution < 1.29 is 19.4 Å². The van der Waals surface area contributed by atoms with E-state index < -0.39 is 17.7 Å². The van der Waals surface area contributed by atoms with Crippen LogP contribution < -0.4 is 10.1 Å². The summed E-state index contributed by atoms with van der Waals surface area (Å²) < 4.78 is 8.02. The Balaban J connectivity index is 1.70. The van der Waals surface area contributed by atoms with E-state index >= 15 is 0 Å². The Kier molecular flexibility index (Phi) is 8.78. The zero-order valence-electron chi connectivity index (χ0n) is 23.4. The normalized spacial score (nSPS) is 14.4. The first-order valence-corrected chi connectivity index (χ1v) is 13.7. The van der Waals surface area contributed by atoms with Gasteiger partial charge in [0.25, 0.3) is 0 Å². The molecule has 2 aromatic carbocycles. The molecular formula is C29H35ClN6O4. The minimum atomic E-state index is -0.955. The molecule has 0 fully saturated rings. The molecule has 40 heavy (non-hydrogen) atoms. The van der Waals surface area contributed by atoms with Gasteiger partial charge in [-0.3, -0.25) is 14.4 Å². The smallest absolute Gasteiger partial charge is 0.407 e. The van der Waals surface area contributed by atoms with Crippen molar-refractivity contribution in [1.29, 1.82) is 0 Å². The van der Waals surface area contributed by atoms with Crippen molar-refractivity contribution in [2.75, 3.05) is 19.7 Å². The van der Waals surface area contributed by atoms with E-state index in [2.05, 4.69) is 15.5 Å². The zero-order chi connectivity index (χ0) is 29.0. The molecule has 11 heteroatoms. The van der Waals surface area contributed by atoms with Crippen LogP contribution in [0.25, 0.3) is 5.69 Å². The topological polar surface area (TPSA) is 122 Å². The third-order valence-corrected chi connectivity index (χ3v) is 6.85. The van der Waals surface area contributed by atoms with Crippen LogP contribution in [0, 0.1) is 6.92 Å². The molecule has 0 spiro atoms. The first-order valence-electron chi connectivity index (χ1n) is 13.3. The van der Waals surface area contributed by atoms with Crippen LogP contribution in [0.15, 0.2) is 47.5 Å². The summed E-state index contributed by atoms with van der Waals surface area (Å²) in [5.41, 5.74) is 2.63. The van der Waals surface area contributed by atoms with Crippen LogP contribution in [0.4, 0.5) is 4.79 Å². The lowest BCUT2D eigenvalue weighted by atomic mass is 10.00. The molecule has 2 amide bonds. The van der Waals surface area contributed by atoms with E-state index in [9.17, 15) is 14.7 Å². The van der Waals surface area contributed by atoms with Crippen LogP contribution >= 0.6 is 11.6 Å². The fourth-order valence-electron chi connectivity index (χ4n) is 4.72. The molecule has 2 N–H and O–H groups in total. The third-order valence-electron chi connectivity index (χ3n) is 6.60. The van der Waals surface area contributed by atoms with E-state index in [-0.39, 0.29) is 12.3 Å². The molecule has 0 saturated heterocycles. The van der Waals surface area contributed by atoms with E-state index in [4.69, 9.17) is 21.3 Å². The van der Waals surface area contributed by atoms with E-state index in [1.807, 2.05) is 69.5 Å². The number of nitrogens with one attached hydrogen (secondary N) is 1. The number of fused-ring (bicyclic) bond motifs is 3. The molecule has 0 aliphatic carbocycles. The van der Waals surface area contributed by atoms with Gasteiger partial charge in [0.1, 0.15) is 17.6 Å². The highest BCUT2D eigenvalue weighted by molar-refractivity contribution is 6.30. The van der Waals surface area contributed by atoms with Gasteiger partial charge in [0.2, 0.25) is 5.91 Å². The summed E-state index contributed by atoms with van der Waals surface area (Å²) in [6.07, 6.45) is -0.306. The molecule has 1 aromatic heterocycles. The van der Waals surface area contributed by atoms with Crippen molar-refractivity contribution in [1.82, 2.24) is 25.0 Å². The van der Waals surface area contributed by atoms with Gasteiger partial charge in [-0.25, -0.2) is 4.79 Å². The van der Waals surface area contributed by atoms with Gasteiger partial charge in [-0.05, 0) is 71.4 Å². The lowest BCUT2D eigenvalue weighted by Crippen LogP contribution is -2.45. The first kappa shape index (κ1) is 29.1. The van der Waals surface area contributed by atoms with Crippen molar-refractivity contribution in [3.05, 3.63) is 70.3 Å². The monoisotopic (exact) mass is 566 g/mol. The predicted molar refractivity (Wildman–Crippen MR) is 154 cm³/mol. The summed E-state index contributed by atoms with van der Waals surface area (Å²) in [6.45, 7) is 10.6. The second-order valence-corrected chi connectivity index (χ2v) is 11.0. The zero-order valence-corrected chi connectivity index (χ0v) is 24.2. The lowest BCUT2D eigenvalue weighted by molar-refractivity contribution is -0.121. The molecule has 2 heterocycles. The van der Waals surface area contributed by atoms with E-state index in [1.54, 1.807) is 12.1 Å². The highest BCUT2D eigenvalue weighted by Crippen LogP contribution is 2.34. The van der Waals surface area contributed by atoms with Gasteiger partial charge < -0.3 is 20.1 Å². The fraction of sp³-hybridized carbons (Fsp3) is 0.414. The Morgan fingerprint density at radius 3 is 2.52 bits per heavy atom. The van der Waals surface area contributed by atoms with Crippen LogP contribution in [0.5, 0.6) is 5.75 Å². The van der Waals surface area contributed by atoms with Gasteiger partial charge in [0.05, 0.1) is 24.4 Å². The molecule has 0 radical (unpaired) electrons. The highest BCUT2D eigenvalue weighted by Gasteiger charge is 2.30. The number of hydrogen-bond donors (Lipinski definition) is 2. The number of aryl methyl sites for hydroxylation is 1. The number of carboxylic acid groups (broad SMARTS) is 1. The number of halogens is 1. The van der Waals surface area contributed by atoms with Gasteiger partial charge in [-0.15, -0.1) is 10.2 Å². The largest absolute Gasteiger partial charge is 0.494 e. The number of amides is 2. The van der Waals surface area contributed by atoms with E-state index in [1.165, 1.54) is 4.90 Å². The molecule has 3 aromatic rings. The van der Waals surface area contributed by atoms with Crippen molar-refractivity contribution in [3.63, 3.8) is 0 Å². The van der Waals surface area contributed by atoms with Crippen molar-refractivity contribution >= 4 is 29.3 Å². The molecule has 212 valence electrons.